The Morgan fingerprint density at radius 3 is 2.48 bits per heavy atom. The summed E-state index contributed by atoms with van der Waals surface area (Å²) in [7, 11) is -3.70. The molecular weight excluding hydrogens is 380 g/mol. The van der Waals surface area contributed by atoms with E-state index < -0.39 is 16.1 Å². The van der Waals surface area contributed by atoms with Crippen LogP contribution in [0.3, 0.4) is 0 Å². The van der Waals surface area contributed by atoms with Crippen molar-refractivity contribution in [3.05, 3.63) is 41.3 Å². The van der Waals surface area contributed by atoms with Crippen LogP contribution in [0.15, 0.2) is 35.7 Å². The number of sulfonamides is 1. The van der Waals surface area contributed by atoms with Gasteiger partial charge in [0.05, 0.1) is 0 Å². The number of hydrogen-bond donors (Lipinski definition) is 2. The summed E-state index contributed by atoms with van der Waals surface area (Å²) in [5.41, 5.74) is 0.798. The second-order valence-corrected chi connectivity index (χ2v) is 9.49. The monoisotopic (exact) mass is 410 g/mol. The molecule has 0 radical (unpaired) electrons. The second kappa shape index (κ2) is 11.5. The van der Waals surface area contributed by atoms with Crippen molar-refractivity contribution in [2.45, 2.75) is 57.0 Å². The summed E-state index contributed by atoms with van der Waals surface area (Å²) in [5, 5.41) is 4.20. The smallest absolute Gasteiger partial charge is 0.238 e. The molecule has 2 rings (SSSR count). The van der Waals surface area contributed by atoms with Crippen LogP contribution in [0.4, 0.5) is 0 Å². The third kappa shape index (κ3) is 8.49. The molecular formula is C20H30N2O3S2. The fraction of sp³-hybridized carbons (Fsp3) is 0.550. The maximum absolute atomic E-state index is 12.7. The first-order chi connectivity index (χ1) is 13.0. The van der Waals surface area contributed by atoms with Crippen LogP contribution in [0.2, 0.25) is 0 Å². The zero-order valence-electron chi connectivity index (χ0n) is 15.9. The van der Waals surface area contributed by atoms with Crippen molar-refractivity contribution in [1.29, 1.82) is 0 Å². The van der Waals surface area contributed by atoms with E-state index in [0.29, 0.717) is 12.2 Å². The minimum Gasteiger partial charge on any atom is -0.352 e. The number of amides is 1. The van der Waals surface area contributed by atoms with Gasteiger partial charge in [-0.2, -0.15) is 16.5 Å². The van der Waals surface area contributed by atoms with E-state index in [0.717, 1.165) is 36.7 Å². The Kier molecular flexibility index (Phi) is 9.38. The summed E-state index contributed by atoms with van der Waals surface area (Å²) in [5.74, 6) is 0.501. The fourth-order valence-corrected chi connectivity index (χ4v) is 4.68. The molecule has 1 saturated carbocycles. The van der Waals surface area contributed by atoms with E-state index in [1.807, 2.05) is 36.6 Å². The summed E-state index contributed by atoms with van der Waals surface area (Å²) >= 11 is 1.60. The van der Waals surface area contributed by atoms with Gasteiger partial charge in [0.15, 0.2) is 0 Å². The number of benzene rings is 1. The van der Waals surface area contributed by atoms with Gasteiger partial charge >= 0.3 is 0 Å². The van der Waals surface area contributed by atoms with Crippen molar-refractivity contribution >= 4 is 33.8 Å². The topological polar surface area (TPSA) is 75.3 Å². The van der Waals surface area contributed by atoms with Gasteiger partial charge < -0.3 is 5.32 Å². The van der Waals surface area contributed by atoms with Crippen LogP contribution < -0.4 is 10.0 Å². The average molecular weight is 411 g/mol. The predicted octanol–water partition coefficient (Wildman–Crippen LogP) is 3.54. The van der Waals surface area contributed by atoms with Gasteiger partial charge in [-0.1, -0.05) is 56.0 Å². The molecule has 7 heteroatoms. The van der Waals surface area contributed by atoms with Crippen LogP contribution in [0.5, 0.6) is 0 Å². The van der Waals surface area contributed by atoms with Crippen LogP contribution >= 0.6 is 11.8 Å². The van der Waals surface area contributed by atoms with Gasteiger partial charge in [0, 0.05) is 11.4 Å². The predicted molar refractivity (Wildman–Crippen MR) is 114 cm³/mol. The Bertz CT molecular complexity index is 697. The van der Waals surface area contributed by atoms with E-state index in [1.54, 1.807) is 11.8 Å². The highest BCUT2D eigenvalue weighted by molar-refractivity contribution is 7.98. The molecule has 1 aliphatic carbocycles. The van der Waals surface area contributed by atoms with Gasteiger partial charge in [0.2, 0.25) is 15.9 Å². The highest BCUT2D eigenvalue weighted by Gasteiger charge is 2.25. The lowest BCUT2D eigenvalue weighted by atomic mass is 10.1. The third-order valence-corrected chi connectivity index (χ3v) is 6.43. The standard InChI is InChI=1S/C20H30N2O3S2/c1-26-15-13-19(20(23)21-18-11-7-2-3-8-12-18)22-27(24,25)16-14-17-9-5-4-6-10-17/h4-6,9-10,14,16,18-19,22H,2-3,7-8,11-13,15H2,1H3,(H,21,23)/b16-14+. The molecule has 1 aromatic rings. The number of nitrogens with one attached hydrogen (secondary N) is 2. The van der Waals surface area contributed by atoms with Crippen LogP contribution in [-0.2, 0) is 14.8 Å². The summed E-state index contributed by atoms with van der Waals surface area (Å²) < 4.78 is 27.5. The highest BCUT2D eigenvalue weighted by Crippen LogP contribution is 2.17. The van der Waals surface area contributed by atoms with Crippen molar-refractivity contribution in [2.24, 2.45) is 0 Å². The largest absolute Gasteiger partial charge is 0.352 e. The molecule has 1 amide bonds. The summed E-state index contributed by atoms with van der Waals surface area (Å²) in [6.45, 7) is 0. The molecule has 0 saturated heterocycles. The van der Waals surface area contributed by atoms with Crippen LogP contribution in [0.1, 0.15) is 50.5 Å². The Balaban J connectivity index is 2.00. The lowest BCUT2D eigenvalue weighted by Crippen LogP contribution is -2.49. The molecule has 0 aromatic heterocycles. The fourth-order valence-electron chi connectivity index (χ4n) is 3.17. The molecule has 1 unspecified atom stereocenters. The molecule has 5 nitrogen and oxygen atoms in total. The Morgan fingerprint density at radius 2 is 1.85 bits per heavy atom. The molecule has 150 valence electrons. The van der Waals surface area contributed by atoms with Gasteiger partial charge in [-0.05, 0) is 42.9 Å². The minimum atomic E-state index is -3.70. The SMILES string of the molecule is CSCCC(NS(=O)(=O)/C=C/c1ccccc1)C(=O)NC1CCCCCC1. The molecule has 0 heterocycles. The van der Waals surface area contributed by atoms with E-state index in [9.17, 15) is 13.2 Å². The molecule has 0 bridgehead atoms. The van der Waals surface area contributed by atoms with E-state index in [2.05, 4.69) is 10.0 Å². The Morgan fingerprint density at radius 1 is 1.19 bits per heavy atom. The molecule has 1 fully saturated rings. The van der Waals surface area contributed by atoms with Crippen molar-refractivity contribution in [3.8, 4) is 0 Å². The zero-order valence-corrected chi connectivity index (χ0v) is 17.5. The van der Waals surface area contributed by atoms with Gasteiger partial charge in [-0.3, -0.25) is 4.79 Å². The van der Waals surface area contributed by atoms with Crippen molar-refractivity contribution < 1.29 is 13.2 Å². The van der Waals surface area contributed by atoms with Crippen LogP contribution in [0, 0.1) is 0 Å². The van der Waals surface area contributed by atoms with Gasteiger partial charge in [-0.15, -0.1) is 0 Å². The normalized spacial score (nSPS) is 17.5. The summed E-state index contributed by atoms with van der Waals surface area (Å²) in [6, 6.07) is 8.64. The van der Waals surface area contributed by atoms with E-state index in [4.69, 9.17) is 0 Å². The molecule has 1 aromatic carbocycles. The minimum absolute atomic E-state index is 0.154. The molecule has 1 atom stereocenters. The number of carbonyl (C=O) groups excluding carboxylic acids is 1. The first-order valence-corrected chi connectivity index (χ1v) is 12.5. The van der Waals surface area contributed by atoms with Crippen molar-refractivity contribution in [3.63, 3.8) is 0 Å². The number of carbonyl (C=O) groups is 1. The maximum Gasteiger partial charge on any atom is 0.238 e. The molecule has 0 spiro atoms. The average Bonchev–Trinajstić information content (AvgIpc) is 2.93. The van der Waals surface area contributed by atoms with Crippen molar-refractivity contribution in [2.75, 3.05) is 12.0 Å². The Hall–Kier alpha value is -1.31. The Labute approximate surface area is 167 Å². The highest BCUT2D eigenvalue weighted by atomic mass is 32.2. The maximum atomic E-state index is 12.7. The number of thioether (sulfide) groups is 1. The van der Waals surface area contributed by atoms with Crippen molar-refractivity contribution in [1.82, 2.24) is 10.0 Å². The third-order valence-electron chi connectivity index (χ3n) is 4.67. The lowest BCUT2D eigenvalue weighted by molar-refractivity contribution is -0.123. The van der Waals surface area contributed by atoms with E-state index in [-0.39, 0.29) is 11.9 Å². The van der Waals surface area contributed by atoms with Crippen LogP contribution in [0.25, 0.3) is 6.08 Å². The summed E-state index contributed by atoms with van der Waals surface area (Å²) in [6.07, 6.45) is 10.6. The number of hydrogen-bond acceptors (Lipinski definition) is 4. The second-order valence-electron chi connectivity index (χ2n) is 6.91. The van der Waals surface area contributed by atoms with Crippen LogP contribution in [-0.4, -0.2) is 38.4 Å². The quantitative estimate of drug-likeness (QED) is 0.611. The van der Waals surface area contributed by atoms with Gasteiger partial charge in [0.1, 0.15) is 6.04 Å². The van der Waals surface area contributed by atoms with E-state index in [1.165, 1.54) is 18.9 Å². The molecule has 27 heavy (non-hydrogen) atoms. The van der Waals surface area contributed by atoms with Gasteiger partial charge in [-0.25, -0.2) is 8.42 Å². The van der Waals surface area contributed by atoms with E-state index >= 15 is 0 Å². The molecule has 2 N–H and O–H groups in total. The molecule has 1 aliphatic rings. The van der Waals surface area contributed by atoms with Gasteiger partial charge in [0.25, 0.3) is 0 Å². The lowest BCUT2D eigenvalue weighted by Gasteiger charge is -2.22. The summed E-state index contributed by atoms with van der Waals surface area (Å²) in [4.78, 5) is 12.7. The molecule has 0 aliphatic heterocycles. The number of rotatable bonds is 9. The zero-order chi connectivity index (χ0) is 19.5. The first-order valence-electron chi connectivity index (χ1n) is 9.55. The first kappa shape index (κ1) is 22.0.